The molecule has 2 N–H and O–H groups in total. The van der Waals surface area contributed by atoms with Gasteiger partial charge in [0.15, 0.2) is 9.84 Å². The van der Waals surface area contributed by atoms with Crippen LogP contribution in [-0.4, -0.2) is 27.9 Å². The minimum absolute atomic E-state index is 0. The second-order valence-electron chi connectivity index (χ2n) is 4.82. The summed E-state index contributed by atoms with van der Waals surface area (Å²) in [5.41, 5.74) is 7.22. The SMILES string of the molecule is CS(=O)(=O)c1ccc([C@H](N)C2CCOCC2)cc1.Cl. The summed E-state index contributed by atoms with van der Waals surface area (Å²) >= 11 is 0. The minimum Gasteiger partial charge on any atom is -0.381 e. The van der Waals surface area contributed by atoms with Crippen molar-refractivity contribution in [1.82, 2.24) is 0 Å². The zero-order valence-electron chi connectivity index (χ0n) is 10.9. The zero-order chi connectivity index (χ0) is 13.2. The van der Waals surface area contributed by atoms with E-state index in [1.54, 1.807) is 12.1 Å². The van der Waals surface area contributed by atoms with Crippen molar-refractivity contribution in [3.8, 4) is 0 Å². The molecule has 6 heteroatoms. The summed E-state index contributed by atoms with van der Waals surface area (Å²) in [5.74, 6) is 0.419. The quantitative estimate of drug-likeness (QED) is 0.926. The van der Waals surface area contributed by atoms with Crippen LogP contribution in [0.3, 0.4) is 0 Å². The molecule has 1 atom stereocenters. The molecular weight excluding hydrogens is 286 g/mol. The third-order valence-electron chi connectivity index (χ3n) is 3.47. The van der Waals surface area contributed by atoms with Gasteiger partial charge < -0.3 is 10.5 Å². The van der Waals surface area contributed by atoms with Crippen LogP contribution in [0, 0.1) is 5.92 Å². The highest BCUT2D eigenvalue weighted by molar-refractivity contribution is 7.90. The standard InChI is InChI=1S/C13H19NO3S.ClH/c1-18(15,16)12-4-2-10(3-5-12)13(14)11-6-8-17-9-7-11;/h2-5,11,13H,6-9,14H2,1H3;1H/t13-;/m0./s1. The van der Waals surface area contributed by atoms with E-state index in [0.717, 1.165) is 31.6 Å². The van der Waals surface area contributed by atoms with Gasteiger partial charge in [-0.15, -0.1) is 12.4 Å². The van der Waals surface area contributed by atoms with Crippen molar-refractivity contribution in [3.05, 3.63) is 29.8 Å². The van der Waals surface area contributed by atoms with E-state index in [2.05, 4.69) is 0 Å². The summed E-state index contributed by atoms with van der Waals surface area (Å²) in [7, 11) is -3.13. The van der Waals surface area contributed by atoms with E-state index in [4.69, 9.17) is 10.5 Å². The highest BCUT2D eigenvalue weighted by Gasteiger charge is 2.22. The van der Waals surface area contributed by atoms with Crippen molar-refractivity contribution in [2.24, 2.45) is 11.7 Å². The molecule has 19 heavy (non-hydrogen) atoms. The second kappa shape index (κ2) is 6.70. The number of halogens is 1. The first-order valence-electron chi connectivity index (χ1n) is 6.12. The lowest BCUT2D eigenvalue weighted by Gasteiger charge is -2.27. The van der Waals surface area contributed by atoms with E-state index < -0.39 is 9.84 Å². The highest BCUT2D eigenvalue weighted by atomic mass is 35.5. The average molecular weight is 306 g/mol. The smallest absolute Gasteiger partial charge is 0.175 e. The fourth-order valence-electron chi connectivity index (χ4n) is 2.28. The molecule has 1 heterocycles. The van der Waals surface area contributed by atoms with E-state index in [0.29, 0.717) is 10.8 Å². The van der Waals surface area contributed by atoms with Crippen molar-refractivity contribution in [3.63, 3.8) is 0 Å². The average Bonchev–Trinajstić information content (AvgIpc) is 2.38. The zero-order valence-corrected chi connectivity index (χ0v) is 12.5. The van der Waals surface area contributed by atoms with Crippen LogP contribution in [0.5, 0.6) is 0 Å². The molecule has 0 aliphatic carbocycles. The van der Waals surface area contributed by atoms with Gasteiger partial charge in [0.2, 0.25) is 0 Å². The molecule has 108 valence electrons. The molecule has 1 fully saturated rings. The lowest BCUT2D eigenvalue weighted by molar-refractivity contribution is 0.0584. The van der Waals surface area contributed by atoms with Gasteiger partial charge in [0.1, 0.15) is 0 Å². The molecular formula is C13H20ClNO3S. The fraction of sp³-hybridized carbons (Fsp3) is 0.538. The summed E-state index contributed by atoms with van der Waals surface area (Å²) in [4.78, 5) is 0.338. The summed E-state index contributed by atoms with van der Waals surface area (Å²) < 4.78 is 28.1. The molecule has 0 radical (unpaired) electrons. The first-order valence-corrected chi connectivity index (χ1v) is 8.01. The van der Waals surface area contributed by atoms with Gasteiger partial charge in [-0.2, -0.15) is 0 Å². The van der Waals surface area contributed by atoms with Crippen molar-refractivity contribution < 1.29 is 13.2 Å². The Kier molecular flexibility index (Phi) is 5.80. The first kappa shape index (κ1) is 16.4. The fourth-order valence-corrected chi connectivity index (χ4v) is 2.91. The minimum atomic E-state index is -3.13. The van der Waals surface area contributed by atoms with Gasteiger partial charge >= 0.3 is 0 Å². The largest absolute Gasteiger partial charge is 0.381 e. The Morgan fingerprint density at radius 2 is 1.74 bits per heavy atom. The molecule has 0 amide bonds. The molecule has 0 aromatic heterocycles. The third-order valence-corrected chi connectivity index (χ3v) is 4.60. The van der Waals surface area contributed by atoms with Crippen LogP contribution in [-0.2, 0) is 14.6 Å². The first-order chi connectivity index (χ1) is 8.48. The molecule has 0 bridgehead atoms. The number of hydrogen-bond acceptors (Lipinski definition) is 4. The van der Waals surface area contributed by atoms with E-state index in [1.807, 2.05) is 12.1 Å². The van der Waals surface area contributed by atoms with Crippen molar-refractivity contribution in [2.75, 3.05) is 19.5 Å². The summed E-state index contributed by atoms with van der Waals surface area (Å²) in [6.45, 7) is 1.53. The molecule has 0 unspecified atom stereocenters. The maximum Gasteiger partial charge on any atom is 0.175 e. The van der Waals surface area contributed by atoms with Gasteiger partial charge in [0, 0.05) is 25.5 Å². The van der Waals surface area contributed by atoms with Gasteiger partial charge in [-0.25, -0.2) is 8.42 Å². The Balaban J connectivity index is 0.00000180. The number of ether oxygens (including phenoxy) is 1. The Morgan fingerprint density at radius 1 is 1.21 bits per heavy atom. The lowest BCUT2D eigenvalue weighted by Crippen LogP contribution is -2.27. The van der Waals surface area contributed by atoms with Gasteiger partial charge in [-0.1, -0.05) is 12.1 Å². The molecule has 1 aliphatic rings. The van der Waals surface area contributed by atoms with Crippen molar-refractivity contribution in [2.45, 2.75) is 23.8 Å². The topological polar surface area (TPSA) is 69.4 Å². The number of benzene rings is 1. The summed E-state index contributed by atoms with van der Waals surface area (Å²) in [6, 6.07) is 6.85. The van der Waals surface area contributed by atoms with Crippen LogP contribution >= 0.6 is 12.4 Å². The van der Waals surface area contributed by atoms with Crippen molar-refractivity contribution >= 4 is 22.2 Å². The van der Waals surface area contributed by atoms with Crippen LogP contribution < -0.4 is 5.73 Å². The highest BCUT2D eigenvalue weighted by Crippen LogP contribution is 2.28. The van der Waals surface area contributed by atoms with E-state index in [1.165, 1.54) is 6.26 Å². The molecule has 4 nitrogen and oxygen atoms in total. The molecule has 2 rings (SSSR count). The third kappa shape index (κ3) is 4.18. The molecule has 1 saturated heterocycles. The van der Waals surface area contributed by atoms with E-state index in [9.17, 15) is 8.42 Å². The van der Waals surface area contributed by atoms with Gasteiger partial charge in [0.25, 0.3) is 0 Å². The summed E-state index contributed by atoms with van der Waals surface area (Å²) in [5, 5.41) is 0. The number of hydrogen-bond donors (Lipinski definition) is 1. The maximum atomic E-state index is 11.4. The van der Waals surface area contributed by atoms with Gasteiger partial charge in [-0.05, 0) is 36.5 Å². The Bertz CT molecular complexity index is 495. The number of nitrogens with two attached hydrogens (primary N) is 1. The van der Waals surface area contributed by atoms with Crippen LogP contribution in [0.2, 0.25) is 0 Å². The predicted molar refractivity (Wildman–Crippen MR) is 77.3 cm³/mol. The molecule has 0 saturated carbocycles. The maximum absolute atomic E-state index is 11.4. The second-order valence-corrected chi connectivity index (χ2v) is 6.83. The van der Waals surface area contributed by atoms with Gasteiger partial charge in [-0.3, -0.25) is 0 Å². The molecule has 1 aromatic rings. The summed E-state index contributed by atoms with van der Waals surface area (Å²) in [6.07, 6.45) is 3.14. The van der Waals surface area contributed by atoms with E-state index >= 15 is 0 Å². The normalized spacial score (nSPS) is 18.6. The van der Waals surface area contributed by atoms with Crippen LogP contribution in [0.1, 0.15) is 24.4 Å². The molecule has 1 aliphatic heterocycles. The van der Waals surface area contributed by atoms with Crippen LogP contribution in [0.25, 0.3) is 0 Å². The monoisotopic (exact) mass is 305 g/mol. The Labute approximate surface area is 120 Å². The molecule has 0 spiro atoms. The Hall–Kier alpha value is -0.620. The van der Waals surface area contributed by atoms with Crippen molar-refractivity contribution in [1.29, 1.82) is 0 Å². The van der Waals surface area contributed by atoms with Crippen LogP contribution in [0.15, 0.2) is 29.2 Å². The number of sulfone groups is 1. The van der Waals surface area contributed by atoms with Gasteiger partial charge in [0.05, 0.1) is 4.90 Å². The lowest BCUT2D eigenvalue weighted by atomic mass is 9.88. The Morgan fingerprint density at radius 3 is 2.21 bits per heavy atom. The molecule has 1 aromatic carbocycles. The van der Waals surface area contributed by atoms with Crippen LogP contribution in [0.4, 0.5) is 0 Å². The predicted octanol–water partition coefficient (Wildman–Crippen LogP) is 1.94. The van der Waals surface area contributed by atoms with E-state index in [-0.39, 0.29) is 18.4 Å². The number of rotatable bonds is 3.